The fourth-order valence-corrected chi connectivity index (χ4v) is 7.41. The van der Waals surface area contributed by atoms with Crippen LogP contribution in [-0.2, 0) is 14.3 Å². The highest BCUT2D eigenvalue weighted by Gasteiger charge is 2.44. The summed E-state index contributed by atoms with van der Waals surface area (Å²) in [4.78, 5) is 13.0. The van der Waals surface area contributed by atoms with Gasteiger partial charge in [0.05, 0.1) is 25.4 Å². The lowest BCUT2D eigenvalue weighted by atomic mass is 9.99. The van der Waals surface area contributed by atoms with Crippen LogP contribution in [0, 0.1) is 0 Å². The lowest BCUT2D eigenvalue weighted by Gasteiger charge is -2.40. The molecule has 0 aromatic heterocycles. The summed E-state index contributed by atoms with van der Waals surface area (Å²) >= 11 is 0. The Balaban J connectivity index is 2.21. The Labute approximate surface area is 402 Å². The first kappa shape index (κ1) is 60.9. The van der Waals surface area contributed by atoms with Crippen LogP contribution < -0.4 is 5.32 Å². The highest BCUT2D eigenvalue weighted by molar-refractivity contribution is 5.76. The number of carbonyl (C=O) groups excluding carboxylic acids is 1. The van der Waals surface area contributed by atoms with Crippen molar-refractivity contribution in [2.24, 2.45) is 0 Å². The van der Waals surface area contributed by atoms with Gasteiger partial charge in [-0.3, -0.25) is 4.79 Å². The van der Waals surface area contributed by atoms with Crippen molar-refractivity contribution in [3.63, 3.8) is 0 Å². The highest BCUT2D eigenvalue weighted by Crippen LogP contribution is 2.22. The quantitative estimate of drug-likeness (QED) is 0.0262. The number of nitrogens with one attached hydrogen (secondary N) is 1. The molecule has 0 aliphatic carbocycles. The van der Waals surface area contributed by atoms with Crippen LogP contribution in [0.2, 0.25) is 0 Å². The van der Waals surface area contributed by atoms with Crippen molar-refractivity contribution in [2.45, 2.75) is 230 Å². The largest absolute Gasteiger partial charge is 0.394 e. The number of aliphatic hydroxyl groups is 5. The number of unbranched alkanes of at least 4 members (excludes halogenated alkanes) is 16. The van der Waals surface area contributed by atoms with E-state index in [0.717, 1.165) is 96.3 Å². The first-order chi connectivity index (χ1) is 32.3. The van der Waals surface area contributed by atoms with Gasteiger partial charge in [-0.05, 0) is 89.9 Å². The molecule has 1 aliphatic rings. The van der Waals surface area contributed by atoms with Gasteiger partial charge in [-0.1, -0.05) is 200 Å². The molecule has 1 fully saturated rings. The number of rotatable bonds is 42. The second-order valence-electron chi connectivity index (χ2n) is 17.6. The Morgan fingerprint density at radius 3 is 1.45 bits per heavy atom. The van der Waals surface area contributed by atoms with Crippen LogP contribution in [0.15, 0.2) is 109 Å². The van der Waals surface area contributed by atoms with Crippen molar-refractivity contribution in [3.05, 3.63) is 109 Å². The first-order valence-electron chi connectivity index (χ1n) is 26.1. The topological polar surface area (TPSA) is 149 Å². The minimum absolute atomic E-state index is 0.200. The molecule has 1 aliphatic heterocycles. The van der Waals surface area contributed by atoms with Gasteiger partial charge >= 0.3 is 0 Å². The first-order valence-corrected chi connectivity index (χ1v) is 26.1. The van der Waals surface area contributed by atoms with Gasteiger partial charge in [-0.25, -0.2) is 0 Å². The Hall–Kier alpha value is -3.15. The Morgan fingerprint density at radius 1 is 0.530 bits per heavy atom. The van der Waals surface area contributed by atoms with E-state index < -0.39 is 49.5 Å². The zero-order chi connectivity index (χ0) is 48.0. The van der Waals surface area contributed by atoms with E-state index in [9.17, 15) is 30.3 Å². The van der Waals surface area contributed by atoms with Crippen LogP contribution in [0.25, 0.3) is 0 Å². The van der Waals surface area contributed by atoms with Gasteiger partial charge in [0.2, 0.25) is 5.91 Å². The lowest BCUT2D eigenvalue weighted by molar-refractivity contribution is -0.302. The summed E-state index contributed by atoms with van der Waals surface area (Å²) in [5, 5.41) is 54.2. The predicted molar refractivity (Wildman–Crippen MR) is 276 cm³/mol. The molecule has 1 amide bonds. The number of amides is 1. The van der Waals surface area contributed by atoms with E-state index in [-0.39, 0.29) is 12.5 Å². The molecule has 9 nitrogen and oxygen atoms in total. The average molecular weight is 922 g/mol. The Morgan fingerprint density at radius 2 is 0.955 bits per heavy atom. The van der Waals surface area contributed by atoms with E-state index in [4.69, 9.17) is 9.47 Å². The molecule has 1 rings (SSSR count). The second kappa shape index (κ2) is 45.6. The molecule has 0 aromatic carbocycles. The van der Waals surface area contributed by atoms with E-state index in [2.05, 4.69) is 116 Å². The molecule has 0 bridgehead atoms. The molecule has 7 unspecified atom stereocenters. The van der Waals surface area contributed by atoms with Crippen LogP contribution in [0.5, 0.6) is 0 Å². The second-order valence-corrected chi connectivity index (χ2v) is 17.6. The lowest BCUT2D eigenvalue weighted by Crippen LogP contribution is -2.60. The molecular weight excluding hydrogens is 827 g/mol. The summed E-state index contributed by atoms with van der Waals surface area (Å²) in [6.45, 7) is 3.57. The van der Waals surface area contributed by atoms with Gasteiger partial charge in [0.15, 0.2) is 6.29 Å². The third-order valence-electron chi connectivity index (χ3n) is 11.6. The van der Waals surface area contributed by atoms with Crippen molar-refractivity contribution in [1.82, 2.24) is 5.32 Å². The van der Waals surface area contributed by atoms with Gasteiger partial charge < -0.3 is 40.3 Å². The van der Waals surface area contributed by atoms with Crippen molar-refractivity contribution in [1.29, 1.82) is 0 Å². The third kappa shape index (κ3) is 35.1. The maximum atomic E-state index is 13.0. The van der Waals surface area contributed by atoms with Gasteiger partial charge in [0.25, 0.3) is 0 Å². The van der Waals surface area contributed by atoms with Crippen LogP contribution in [0.3, 0.4) is 0 Å². The summed E-state index contributed by atoms with van der Waals surface area (Å²) in [6.07, 6.45) is 60.1. The van der Waals surface area contributed by atoms with Gasteiger partial charge in [0, 0.05) is 6.42 Å². The number of aliphatic hydroxyl groups excluding tert-OH is 5. The maximum absolute atomic E-state index is 13.0. The summed E-state index contributed by atoms with van der Waals surface area (Å²) < 4.78 is 11.2. The number of carbonyl (C=O) groups is 1. The van der Waals surface area contributed by atoms with E-state index in [1.54, 1.807) is 6.08 Å². The molecular formula is C57H95NO8. The molecule has 0 aromatic rings. The standard InChI is InChI=1S/C57H95NO8/c1-3-5-7-9-11-13-15-17-18-19-20-21-22-23-24-25-26-27-28-29-30-31-32-33-34-35-37-39-41-43-45-47-53(61)58-50(49-65-57-56(64)55(63)54(62)52(48-59)66-57)51(60)46-44-42-40-38-36-16-14-12-10-8-6-4-2/h5,7,10-13,17-18,20-21,23-24,26-27,36,38,44,46,50-52,54-57,59-60,62-64H,3-4,6,8-9,14-16,19,22,25,28-35,37,39-43,45,47-49H2,1-2H3,(H,58,61)/b7-5-,12-10+,13-11-,18-17-,21-20-,24-23-,27-26-,38-36+,46-44+. The van der Waals surface area contributed by atoms with Gasteiger partial charge in [0.1, 0.15) is 24.4 Å². The van der Waals surface area contributed by atoms with Crippen molar-refractivity contribution < 1.29 is 39.8 Å². The molecule has 376 valence electrons. The zero-order valence-electron chi connectivity index (χ0n) is 41.4. The van der Waals surface area contributed by atoms with Crippen molar-refractivity contribution in [3.8, 4) is 0 Å². The smallest absolute Gasteiger partial charge is 0.220 e. The molecule has 0 radical (unpaired) electrons. The van der Waals surface area contributed by atoms with E-state index in [0.29, 0.717) is 6.42 Å². The third-order valence-corrected chi connectivity index (χ3v) is 11.6. The van der Waals surface area contributed by atoms with Crippen LogP contribution in [0.4, 0.5) is 0 Å². The van der Waals surface area contributed by atoms with E-state index in [1.165, 1.54) is 70.6 Å². The molecule has 7 atom stereocenters. The number of ether oxygens (including phenoxy) is 2. The minimum atomic E-state index is -1.58. The summed E-state index contributed by atoms with van der Waals surface area (Å²) in [6, 6.07) is -0.835. The van der Waals surface area contributed by atoms with E-state index >= 15 is 0 Å². The molecule has 1 heterocycles. The summed E-state index contributed by atoms with van der Waals surface area (Å²) in [7, 11) is 0. The maximum Gasteiger partial charge on any atom is 0.220 e. The number of hydrogen-bond acceptors (Lipinski definition) is 8. The molecule has 1 saturated heterocycles. The van der Waals surface area contributed by atoms with Gasteiger partial charge in [-0.15, -0.1) is 0 Å². The highest BCUT2D eigenvalue weighted by atomic mass is 16.7. The van der Waals surface area contributed by atoms with Crippen molar-refractivity contribution in [2.75, 3.05) is 13.2 Å². The van der Waals surface area contributed by atoms with Crippen LogP contribution in [-0.4, -0.2) is 87.5 Å². The van der Waals surface area contributed by atoms with Crippen molar-refractivity contribution >= 4 is 5.91 Å². The molecule has 0 saturated carbocycles. The normalized spacial score (nSPS) is 20.7. The van der Waals surface area contributed by atoms with E-state index in [1.807, 2.05) is 6.08 Å². The zero-order valence-corrected chi connectivity index (χ0v) is 41.4. The van der Waals surface area contributed by atoms with Crippen LogP contribution >= 0.6 is 0 Å². The molecule has 66 heavy (non-hydrogen) atoms. The Kier molecular flexibility index (Phi) is 42.1. The number of hydrogen-bond donors (Lipinski definition) is 6. The summed E-state index contributed by atoms with van der Waals surface area (Å²) in [5.41, 5.74) is 0. The monoisotopic (exact) mass is 922 g/mol. The van der Waals surface area contributed by atoms with Gasteiger partial charge in [-0.2, -0.15) is 0 Å². The number of allylic oxidation sites excluding steroid dienone is 17. The summed E-state index contributed by atoms with van der Waals surface area (Å²) in [5.74, 6) is -0.200. The fraction of sp³-hybridized carbons (Fsp3) is 0.667. The fourth-order valence-electron chi connectivity index (χ4n) is 7.41. The molecule has 6 N–H and O–H groups in total. The SMILES string of the molecule is CC/C=C\C/C=C\C/C=C\C/C=C\C/C=C\C/C=C\CCCCCCCCCCCCCCC(=O)NC(COC1OC(CO)C(O)C(O)C1O)C(O)/C=C/CC/C=C/CC/C=C/CCCC. The van der Waals surface area contributed by atoms with Crippen LogP contribution in [0.1, 0.15) is 187 Å². The molecule has 0 spiro atoms. The Bertz CT molecular complexity index is 1390. The minimum Gasteiger partial charge on any atom is -0.394 e. The molecule has 9 heteroatoms. The predicted octanol–water partition coefficient (Wildman–Crippen LogP) is 12.2. The average Bonchev–Trinajstić information content (AvgIpc) is 3.32.